The summed E-state index contributed by atoms with van der Waals surface area (Å²) in [5, 5.41) is 1.30. The molecule has 1 spiro atoms. The molecule has 3 fully saturated rings. The van der Waals surface area contributed by atoms with Crippen LogP contribution in [0.4, 0.5) is 0 Å². The van der Waals surface area contributed by atoms with Gasteiger partial charge in [-0.25, -0.2) is 20.1 Å². The van der Waals surface area contributed by atoms with Crippen molar-refractivity contribution in [2.24, 2.45) is 0 Å². The van der Waals surface area contributed by atoms with Crippen LogP contribution in [0.5, 0.6) is 0 Å². The van der Waals surface area contributed by atoms with Crippen LogP contribution in [0.25, 0.3) is 0 Å². The molecule has 1 unspecified atom stereocenters. The Labute approximate surface area is 66.4 Å². The summed E-state index contributed by atoms with van der Waals surface area (Å²) < 4.78 is 0. The lowest BCUT2D eigenvalue weighted by Gasteiger charge is -2.12. The normalized spacial score (nSPS) is 49.9. The smallest absolute Gasteiger partial charge is 0.00418 e. The molecule has 3 saturated heterocycles. The number of hydrogen-bond donors (Lipinski definition) is 0. The fourth-order valence-corrected chi connectivity index (χ4v) is 9.88. The molecule has 0 aromatic carbocycles. The van der Waals surface area contributed by atoms with Crippen molar-refractivity contribution >= 4 is 20.1 Å². The molecule has 0 amide bonds. The summed E-state index contributed by atoms with van der Waals surface area (Å²) in [6.07, 6.45) is 2.57. The predicted octanol–water partition coefficient (Wildman–Crippen LogP) is 1.63. The maximum atomic E-state index is 2.57. The highest BCUT2D eigenvalue weighted by molar-refractivity contribution is 8.47. The third kappa shape index (κ3) is 0.845. The largest absolute Gasteiger partial charge is 0.241 e. The highest BCUT2D eigenvalue weighted by Gasteiger charge is 2.59. The Morgan fingerprint density at radius 3 is 2.30 bits per heavy atom. The minimum atomic E-state index is 0.0789. The zero-order valence-corrected chi connectivity index (χ0v) is 8.27. The molecule has 0 radical (unpaired) electrons. The van der Waals surface area contributed by atoms with E-state index in [9.17, 15) is 0 Å². The van der Waals surface area contributed by atoms with Gasteiger partial charge in [0.25, 0.3) is 0 Å². The van der Waals surface area contributed by atoms with Crippen molar-refractivity contribution in [1.82, 2.24) is 0 Å². The lowest BCUT2D eigenvalue weighted by Crippen LogP contribution is -1.95. The summed E-state index contributed by atoms with van der Waals surface area (Å²) in [5.41, 5.74) is 0. The van der Waals surface area contributed by atoms with Gasteiger partial charge in [-0.1, -0.05) is 0 Å². The SMILES string of the molecule is CS1(CC2CS23CC3)CC1. The second-order valence-electron chi connectivity index (χ2n) is 4.36. The molecule has 2 heteroatoms. The van der Waals surface area contributed by atoms with Crippen molar-refractivity contribution in [3.05, 3.63) is 0 Å². The lowest BCUT2D eigenvalue weighted by molar-refractivity contribution is 1.26. The van der Waals surface area contributed by atoms with Crippen LogP contribution < -0.4 is 0 Å². The van der Waals surface area contributed by atoms with Gasteiger partial charge in [-0.15, -0.1) is 0 Å². The Morgan fingerprint density at radius 1 is 1.20 bits per heavy atom. The van der Waals surface area contributed by atoms with E-state index in [1.165, 1.54) is 5.25 Å². The zero-order valence-electron chi connectivity index (χ0n) is 6.64. The van der Waals surface area contributed by atoms with E-state index in [-0.39, 0.29) is 20.1 Å². The van der Waals surface area contributed by atoms with Crippen LogP contribution in [0.3, 0.4) is 0 Å². The van der Waals surface area contributed by atoms with Crippen molar-refractivity contribution in [1.29, 1.82) is 0 Å². The Bertz CT molecular complexity index is 180. The van der Waals surface area contributed by atoms with Crippen LogP contribution in [0.15, 0.2) is 0 Å². The van der Waals surface area contributed by atoms with Gasteiger partial charge >= 0.3 is 0 Å². The van der Waals surface area contributed by atoms with Crippen molar-refractivity contribution in [3.8, 4) is 0 Å². The van der Waals surface area contributed by atoms with Gasteiger partial charge in [-0.05, 0) is 40.8 Å². The second kappa shape index (κ2) is 1.56. The molecule has 1 atom stereocenters. The topological polar surface area (TPSA) is 0 Å². The first-order valence-corrected chi connectivity index (χ1v) is 8.94. The average Bonchev–Trinajstić information content (AvgIpc) is 2.68. The zero-order chi connectivity index (χ0) is 6.82. The maximum absolute atomic E-state index is 2.57. The highest BCUT2D eigenvalue weighted by Crippen LogP contribution is 2.81. The van der Waals surface area contributed by atoms with Crippen molar-refractivity contribution in [3.63, 3.8) is 0 Å². The van der Waals surface area contributed by atoms with Crippen LogP contribution >= 0.6 is 20.1 Å². The summed E-state index contributed by atoms with van der Waals surface area (Å²) in [6, 6.07) is 0. The van der Waals surface area contributed by atoms with Gasteiger partial charge < -0.3 is 0 Å². The van der Waals surface area contributed by atoms with E-state index in [0.717, 1.165) is 0 Å². The molecule has 10 heavy (non-hydrogen) atoms. The van der Waals surface area contributed by atoms with Gasteiger partial charge in [0.15, 0.2) is 0 Å². The molecule has 3 heterocycles. The van der Waals surface area contributed by atoms with Crippen LogP contribution in [0.1, 0.15) is 0 Å². The minimum absolute atomic E-state index is 0.0789. The number of hydrogen-bond acceptors (Lipinski definition) is 0. The molecule has 3 aliphatic rings. The Kier molecular flexibility index (Phi) is 0.973. The van der Waals surface area contributed by atoms with Gasteiger partial charge in [0, 0.05) is 5.25 Å². The fraction of sp³-hybridized carbons (Fsp3) is 1.00. The van der Waals surface area contributed by atoms with Crippen molar-refractivity contribution in [2.45, 2.75) is 5.25 Å². The molecule has 0 nitrogen and oxygen atoms in total. The molecule has 0 saturated carbocycles. The van der Waals surface area contributed by atoms with Crippen LogP contribution in [-0.4, -0.2) is 46.0 Å². The quantitative estimate of drug-likeness (QED) is 0.561. The molecule has 3 aliphatic heterocycles. The molecule has 0 N–H and O–H groups in total. The molecule has 0 aromatic rings. The summed E-state index contributed by atoms with van der Waals surface area (Å²) in [4.78, 5) is 0. The van der Waals surface area contributed by atoms with Gasteiger partial charge in [0.2, 0.25) is 0 Å². The first kappa shape index (κ1) is 6.24. The van der Waals surface area contributed by atoms with Gasteiger partial charge in [0.1, 0.15) is 0 Å². The lowest BCUT2D eigenvalue weighted by atomic mass is 10.6. The van der Waals surface area contributed by atoms with Crippen LogP contribution in [0.2, 0.25) is 0 Å². The molecule has 0 aliphatic carbocycles. The first-order chi connectivity index (χ1) is 4.73. The van der Waals surface area contributed by atoms with Crippen molar-refractivity contribution < 1.29 is 0 Å². The van der Waals surface area contributed by atoms with Crippen molar-refractivity contribution in [2.75, 3.05) is 40.8 Å². The van der Waals surface area contributed by atoms with Gasteiger partial charge in [-0.3, -0.25) is 0 Å². The van der Waals surface area contributed by atoms with Crippen LogP contribution in [-0.2, 0) is 0 Å². The average molecular weight is 176 g/mol. The third-order valence-electron chi connectivity index (χ3n) is 3.33. The molecule has 0 bridgehead atoms. The monoisotopic (exact) mass is 176 g/mol. The predicted molar refractivity (Wildman–Crippen MR) is 54.1 cm³/mol. The molecular weight excluding hydrogens is 160 g/mol. The van der Waals surface area contributed by atoms with E-state index in [1.54, 1.807) is 34.5 Å². The van der Waals surface area contributed by atoms with E-state index < -0.39 is 0 Å². The molecule has 0 aromatic heterocycles. The van der Waals surface area contributed by atoms with Crippen LogP contribution in [0, 0.1) is 0 Å². The molecule has 60 valence electrons. The Hall–Kier alpha value is 0.700. The summed E-state index contributed by atoms with van der Waals surface area (Å²) in [7, 11) is 0.299. The number of rotatable bonds is 2. The van der Waals surface area contributed by atoms with E-state index in [4.69, 9.17) is 0 Å². The minimum Gasteiger partial charge on any atom is -0.241 e. The summed E-state index contributed by atoms with van der Waals surface area (Å²) in [5.74, 6) is 10.00. The fourth-order valence-electron chi connectivity index (χ4n) is 1.89. The highest BCUT2D eigenvalue weighted by atomic mass is 32.3. The molecule has 3 rings (SSSR count). The summed E-state index contributed by atoms with van der Waals surface area (Å²) >= 11 is 0. The Balaban J connectivity index is 1.61. The van der Waals surface area contributed by atoms with Gasteiger partial charge in [-0.2, -0.15) is 0 Å². The second-order valence-corrected chi connectivity index (χ2v) is 12.5. The van der Waals surface area contributed by atoms with E-state index >= 15 is 0 Å². The summed E-state index contributed by atoms with van der Waals surface area (Å²) in [6.45, 7) is 0. The van der Waals surface area contributed by atoms with E-state index in [1.807, 2.05) is 0 Å². The molecular formula is C8H16S2. The maximum Gasteiger partial charge on any atom is 0.00418 e. The van der Waals surface area contributed by atoms with Gasteiger partial charge in [0.05, 0.1) is 0 Å². The third-order valence-corrected chi connectivity index (χ3v) is 10.4. The standard InChI is InChI=1S/C8H16S2/c1-9(2-3-9)6-8-7-10(8)4-5-10/h8H,2-7H2,1H3. The Morgan fingerprint density at radius 2 is 1.90 bits per heavy atom. The first-order valence-electron chi connectivity index (χ1n) is 4.19. The van der Waals surface area contributed by atoms with E-state index in [2.05, 4.69) is 6.26 Å². The van der Waals surface area contributed by atoms with E-state index in [0.29, 0.717) is 0 Å².